The Bertz CT molecular complexity index is 439. The van der Waals surface area contributed by atoms with Crippen LogP contribution in [0, 0.1) is 5.41 Å². The van der Waals surface area contributed by atoms with Crippen molar-refractivity contribution in [1.29, 1.82) is 0 Å². The van der Waals surface area contributed by atoms with E-state index in [1.165, 1.54) is 0 Å². The Kier molecular flexibility index (Phi) is 3.00. The van der Waals surface area contributed by atoms with Crippen molar-refractivity contribution in [3.05, 3.63) is 54.3 Å². The molecule has 0 radical (unpaired) electrons. The van der Waals surface area contributed by atoms with E-state index in [-0.39, 0.29) is 5.41 Å². The maximum absolute atomic E-state index is 4.22. The third kappa shape index (κ3) is 2.89. The van der Waals surface area contributed by atoms with Gasteiger partial charge < -0.3 is 0 Å². The van der Waals surface area contributed by atoms with Crippen LogP contribution in [0.2, 0.25) is 0 Å². The summed E-state index contributed by atoms with van der Waals surface area (Å²) in [7, 11) is 0. The molecule has 0 aromatic heterocycles. The van der Waals surface area contributed by atoms with Crippen molar-refractivity contribution in [1.82, 2.24) is 0 Å². The lowest BCUT2D eigenvalue weighted by atomic mass is 9.85. The number of hydrogen-bond acceptors (Lipinski definition) is 2. The number of azo groups is 1. The maximum Gasteiger partial charge on any atom is 0.0857 e. The number of rotatable bonds is 2. The fourth-order valence-corrected chi connectivity index (χ4v) is 1.50. The third-order valence-corrected chi connectivity index (χ3v) is 2.58. The van der Waals surface area contributed by atoms with Crippen LogP contribution in [0.15, 0.2) is 64.5 Å². The Morgan fingerprint density at radius 2 is 1.81 bits per heavy atom. The van der Waals surface area contributed by atoms with Crippen molar-refractivity contribution < 1.29 is 0 Å². The van der Waals surface area contributed by atoms with Gasteiger partial charge >= 0.3 is 0 Å². The Morgan fingerprint density at radius 3 is 2.44 bits per heavy atom. The second-order valence-electron chi connectivity index (χ2n) is 4.69. The van der Waals surface area contributed by atoms with Gasteiger partial charge in [-0.3, -0.25) is 0 Å². The van der Waals surface area contributed by atoms with Gasteiger partial charge in [0.05, 0.1) is 11.4 Å². The largest absolute Gasteiger partial charge is 0.151 e. The van der Waals surface area contributed by atoms with Crippen LogP contribution in [0.3, 0.4) is 0 Å². The summed E-state index contributed by atoms with van der Waals surface area (Å²) in [6.07, 6.45) is 7.38. The SMILES string of the molecule is CC1(C)C=CC(N=Nc2ccccc2)=CC1. The summed E-state index contributed by atoms with van der Waals surface area (Å²) in [5.74, 6) is 0. The molecule has 1 aliphatic carbocycles. The topological polar surface area (TPSA) is 24.7 Å². The Hall–Kier alpha value is -1.70. The summed E-state index contributed by atoms with van der Waals surface area (Å²) in [5.41, 5.74) is 2.09. The van der Waals surface area contributed by atoms with E-state index in [2.05, 4.69) is 36.2 Å². The van der Waals surface area contributed by atoms with Gasteiger partial charge in [-0.15, -0.1) is 0 Å². The molecule has 0 saturated heterocycles. The van der Waals surface area contributed by atoms with E-state index in [1.807, 2.05) is 36.4 Å². The molecule has 1 aromatic carbocycles. The molecule has 2 heteroatoms. The highest BCUT2D eigenvalue weighted by Crippen LogP contribution is 2.28. The zero-order valence-electron chi connectivity index (χ0n) is 9.72. The van der Waals surface area contributed by atoms with Crippen molar-refractivity contribution in [2.75, 3.05) is 0 Å². The molecule has 0 spiro atoms. The van der Waals surface area contributed by atoms with Crippen LogP contribution < -0.4 is 0 Å². The average molecular weight is 212 g/mol. The van der Waals surface area contributed by atoms with Gasteiger partial charge in [-0.1, -0.05) is 44.2 Å². The minimum Gasteiger partial charge on any atom is -0.151 e. The van der Waals surface area contributed by atoms with Crippen molar-refractivity contribution in [2.45, 2.75) is 20.3 Å². The second kappa shape index (κ2) is 4.44. The number of allylic oxidation sites excluding steroid dienone is 3. The first-order chi connectivity index (χ1) is 7.66. The van der Waals surface area contributed by atoms with Crippen LogP contribution in [-0.4, -0.2) is 0 Å². The summed E-state index contributed by atoms with van der Waals surface area (Å²) in [5, 5.41) is 8.40. The first kappa shape index (κ1) is 10.8. The number of nitrogens with zero attached hydrogens (tertiary/aromatic N) is 2. The van der Waals surface area contributed by atoms with Crippen LogP contribution in [0.4, 0.5) is 5.69 Å². The highest BCUT2D eigenvalue weighted by molar-refractivity contribution is 5.35. The van der Waals surface area contributed by atoms with Gasteiger partial charge in [0.1, 0.15) is 0 Å². The first-order valence-corrected chi connectivity index (χ1v) is 5.52. The number of hydrogen-bond donors (Lipinski definition) is 0. The summed E-state index contributed by atoms with van der Waals surface area (Å²) < 4.78 is 0. The Labute approximate surface area is 96.4 Å². The lowest BCUT2D eigenvalue weighted by molar-refractivity contribution is 0.481. The molecule has 0 N–H and O–H groups in total. The van der Waals surface area contributed by atoms with E-state index >= 15 is 0 Å². The minimum atomic E-state index is 0.256. The van der Waals surface area contributed by atoms with E-state index in [1.54, 1.807) is 0 Å². The lowest BCUT2D eigenvalue weighted by Gasteiger charge is -2.20. The normalized spacial score (nSPS) is 18.8. The predicted molar refractivity (Wildman–Crippen MR) is 66.6 cm³/mol. The zero-order chi connectivity index (χ0) is 11.4. The van der Waals surface area contributed by atoms with Gasteiger partial charge in [0.2, 0.25) is 0 Å². The van der Waals surface area contributed by atoms with Crippen LogP contribution in [0.5, 0.6) is 0 Å². The van der Waals surface area contributed by atoms with E-state index in [0.717, 1.165) is 17.8 Å². The maximum atomic E-state index is 4.22. The van der Waals surface area contributed by atoms with Crippen LogP contribution in [0.1, 0.15) is 20.3 Å². The third-order valence-electron chi connectivity index (χ3n) is 2.58. The van der Waals surface area contributed by atoms with Crippen LogP contribution >= 0.6 is 0 Å². The van der Waals surface area contributed by atoms with Gasteiger partial charge in [-0.05, 0) is 30.0 Å². The molecule has 16 heavy (non-hydrogen) atoms. The van der Waals surface area contributed by atoms with Crippen molar-refractivity contribution >= 4 is 5.69 Å². The fourth-order valence-electron chi connectivity index (χ4n) is 1.50. The minimum absolute atomic E-state index is 0.256. The summed E-state index contributed by atoms with van der Waals surface area (Å²) in [4.78, 5) is 0. The van der Waals surface area contributed by atoms with Crippen molar-refractivity contribution in [3.8, 4) is 0 Å². The predicted octanol–water partition coefficient (Wildman–Crippen LogP) is 4.64. The molecule has 1 aromatic rings. The molecule has 0 aliphatic heterocycles. The molecule has 0 heterocycles. The molecule has 0 saturated carbocycles. The van der Waals surface area contributed by atoms with Gasteiger partial charge in [0.15, 0.2) is 0 Å². The summed E-state index contributed by atoms with van der Waals surface area (Å²) >= 11 is 0. The van der Waals surface area contributed by atoms with Gasteiger partial charge in [0, 0.05) is 0 Å². The van der Waals surface area contributed by atoms with Crippen LogP contribution in [0.25, 0.3) is 0 Å². The molecule has 0 amide bonds. The smallest absolute Gasteiger partial charge is 0.0857 e. The highest BCUT2D eigenvalue weighted by atomic mass is 15.1. The van der Waals surface area contributed by atoms with Crippen LogP contribution in [-0.2, 0) is 0 Å². The molecule has 0 bridgehead atoms. The molecule has 82 valence electrons. The van der Waals surface area contributed by atoms with E-state index in [9.17, 15) is 0 Å². The first-order valence-electron chi connectivity index (χ1n) is 5.52. The zero-order valence-corrected chi connectivity index (χ0v) is 9.72. The molecule has 0 fully saturated rings. The monoisotopic (exact) mass is 212 g/mol. The molecular weight excluding hydrogens is 196 g/mol. The summed E-state index contributed by atoms with van der Waals surface area (Å²) in [6, 6.07) is 9.79. The quantitative estimate of drug-likeness (QED) is 0.638. The van der Waals surface area contributed by atoms with E-state index in [0.29, 0.717) is 0 Å². The molecular formula is C14H16N2. The lowest BCUT2D eigenvalue weighted by Crippen LogP contribution is -2.08. The molecule has 0 atom stereocenters. The highest BCUT2D eigenvalue weighted by Gasteiger charge is 2.15. The molecule has 1 aliphatic rings. The van der Waals surface area contributed by atoms with Crippen molar-refractivity contribution in [3.63, 3.8) is 0 Å². The van der Waals surface area contributed by atoms with E-state index in [4.69, 9.17) is 0 Å². The number of benzene rings is 1. The average Bonchev–Trinajstić information content (AvgIpc) is 2.29. The van der Waals surface area contributed by atoms with Crippen molar-refractivity contribution in [2.24, 2.45) is 15.6 Å². The fraction of sp³-hybridized carbons (Fsp3) is 0.286. The Balaban J connectivity index is 2.05. The van der Waals surface area contributed by atoms with E-state index < -0.39 is 0 Å². The molecule has 0 unspecified atom stereocenters. The standard InChI is InChI=1S/C14H16N2/c1-14(2)10-8-13(9-11-14)16-15-12-6-4-3-5-7-12/h3-10H,11H2,1-2H3. The van der Waals surface area contributed by atoms with Gasteiger partial charge in [-0.2, -0.15) is 10.2 Å². The second-order valence-corrected chi connectivity index (χ2v) is 4.69. The molecule has 2 rings (SSSR count). The van der Waals surface area contributed by atoms with Gasteiger partial charge in [0.25, 0.3) is 0 Å². The molecule has 2 nitrogen and oxygen atoms in total. The summed E-state index contributed by atoms with van der Waals surface area (Å²) in [6.45, 7) is 4.43. The van der Waals surface area contributed by atoms with Gasteiger partial charge in [-0.25, -0.2) is 0 Å². The Morgan fingerprint density at radius 1 is 1.06 bits per heavy atom.